The van der Waals surface area contributed by atoms with E-state index in [2.05, 4.69) is 21.8 Å². The van der Waals surface area contributed by atoms with Crippen LogP contribution in [0, 0.1) is 6.92 Å². The maximum Gasteiger partial charge on any atom is 0.259 e. The van der Waals surface area contributed by atoms with Crippen LogP contribution in [0.2, 0.25) is 0 Å². The number of imidazole rings is 1. The number of fused-ring (bicyclic) bond motifs is 1. The van der Waals surface area contributed by atoms with Crippen LogP contribution in [0.15, 0.2) is 48.5 Å². The van der Waals surface area contributed by atoms with Gasteiger partial charge in [-0.3, -0.25) is 14.4 Å². The SMILES string of the molecule is COc1c(-c2cccc3[nH]c(CCN(C)C)nc23)ccc(C(=O)N(C)c2ccc(C)cc2OCCCCCC(=O)N2CCN(C)CC2)c1C(N)=O.Cl.Cl.Cl. The van der Waals surface area contributed by atoms with Gasteiger partial charge in [0.25, 0.3) is 11.8 Å². The largest absolute Gasteiger partial charge is 0.495 e. The van der Waals surface area contributed by atoms with Crippen LogP contribution in [-0.4, -0.2) is 117 Å². The van der Waals surface area contributed by atoms with Gasteiger partial charge in [0.15, 0.2) is 0 Å². The standard InChI is InChI=1S/C39H51N7O5.3ClH/c1-26-14-17-31(32(25-26)51-24-9-7-8-13-34(47)46-22-20-44(4)21-23-46)45(5)39(49)29-16-15-28(37(50-6)35(29)38(40)48)27-11-10-12-30-36(27)42-33(41-30)18-19-43(2)3;;;/h10-12,14-17,25H,7-9,13,18-24H2,1-6H3,(H2,40,48)(H,41,42);3*1H. The summed E-state index contributed by atoms with van der Waals surface area (Å²) in [6, 6.07) is 14.8. The molecular weight excluding hydrogens is 753 g/mol. The van der Waals surface area contributed by atoms with Gasteiger partial charge in [-0.2, -0.15) is 0 Å². The number of ether oxygens (including phenoxy) is 2. The maximum absolute atomic E-state index is 14.1. The van der Waals surface area contributed by atoms with E-state index < -0.39 is 11.8 Å². The highest BCUT2D eigenvalue weighted by molar-refractivity contribution is 6.15. The highest BCUT2D eigenvalue weighted by atomic mass is 35.5. The Kier molecular flexibility index (Phi) is 18.0. The molecule has 0 aliphatic carbocycles. The average Bonchev–Trinajstić information content (AvgIpc) is 3.54. The number of primary amides is 1. The minimum atomic E-state index is -0.780. The van der Waals surface area contributed by atoms with Crippen molar-refractivity contribution >= 4 is 71.7 Å². The number of benzene rings is 3. The van der Waals surface area contributed by atoms with E-state index in [-0.39, 0.29) is 60.0 Å². The van der Waals surface area contributed by atoms with Gasteiger partial charge < -0.3 is 39.8 Å². The zero-order valence-electron chi connectivity index (χ0n) is 32.0. The van der Waals surface area contributed by atoms with Crippen molar-refractivity contribution in [3.05, 3.63) is 71.0 Å². The number of aryl methyl sites for hydroxylation is 1. The Morgan fingerprint density at radius 2 is 1.65 bits per heavy atom. The van der Waals surface area contributed by atoms with Crippen molar-refractivity contribution in [2.24, 2.45) is 5.73 Å². The molecule has 1 fully saturated rings. The molecule has 296 valence electrons. The fourth-order valence-corrected chi connectivity index (χ4v) is 6.43. The number of amides is 3. The second-order valence-electron chi connectivity index (χ2n) is 13.6. The lowest BCUT2D eigenvalue weighted by atomic mass is 9.95. The highest BCUT2D eigenvalue weighted by Crippen LogP contribution is 2.39. The van der Waals surface area contributed by atoms with E-state index in [4.69, 9.17) is 20.2 Å². The van der Waals surface area contributed by atoms with Crippen LogP contribution in [0.5, 0.6) is 11.5 Å². The van der Waals surface area contributed by atoms with E-state index in [0.29, 0.717) is 30.0 Å². The quantitative estimate of drug-likeness (QED) is 0.140. The van der Waals surface area contributed by atoms with E-state index in [1.807, 2.05) is 62.3 Å². The number of anilines is 1. The van der Waals surface area contributed by atoms with Gasteiger partial charge >= 0.3 is 0 Å². The number of carbonyl (C=O) groups is 3. The molecule has 15 heteroatoms. The third-order valence-electron chi connectivity index (χ3n) is 9.42. The van der Waals surface area contributed by atoms with Gasteiger partial charge in [-0.05, 0) is 83.2 Å². The molecule has 5 rings (SSSR count). The van der Waals surface area contributed by atoms with Crippen LogP contribution in [0.25, 0.3) is 22.2 Å². The van der Waals surface area contributed by atoms with Crippen molar-refractivity contribution < 1.29 is 23.9 Å². The molecule has 0 spiro atoms. The summed E-state index contributed by atoms with van der Waals surface area (Å²) < 4.78 is 12.0. The third kappa shape index (κ3) is 11.0. The fourth-order valence-electron chi connectivity index (χ4n) is 6.43. The minimum absolute atomic E-state index is 0. The smallest absolute Gasteiger partial charge is 0.259 e. The first-order chi connectivity index (χ1) is 24.5. The number of unbranched alkanes of at least 4 members (excludes halogenated alkanes) is 2. The predicted octanol–water partition coefficient (Wildman–Crippen LogP) is 6.01. The number of aromatic amines is 1. The molecule has 0 atom stereocenters. The third-order valence-corrected chi connectivity index (χ3v) is 9.42. The summed E-state index contributed by atoms with van der Waals surface area (Å²) in [6.07, 6.45) is 3.70. The van der Waals surface area contributed by atoms with Gasteiger partial charge in [0.05, 0.1) is 41.6 Å². The zero-order valence-corrected chi connectivity index (χ0v) is 34.4. The van der Waals surface area contributed by atoms with Gasteiger partial charge in [-0.15, -0.1) is 37.2 Å². The van der Waals surface area contributed by atoms with E-state index in [1.165, 1.54) is 12.0 Å². The predicted molar refractivity (Wildman–Crippen MR) is 223 cm³/mol. The normalized spacial score (nSPS) is 12.8. The summed E-state index contributed by atoms with van der Waals surface area (Å²) in [5.74, 6) is 0.609. The number of nitrogens with zero attached hydrogens (tertiary/aromatic N) is 5. The summed E-state index contributed by atoms with van der Waals surface area (Å²) in [4.78, 5) is 55.8. The second-order valence-corrected chi connectivity index (χ2v) is 13.6. The molecule has 54 heavy (non-hydrogen) atoms. The molecule has 12 nitrogen and oxygen atoms in total. The van der Waals surface area contributed by atoms with Crippen molar-refractivity contribution in [1.82, 2.24) is 24.7 Å². The number of halogens is 3. The number of piperazine rings is 1. The molecule has 1 aromatic heterocycles. The molecule has 1 saturated heterocycles. The number of rotatable bonds is 15. The van der Waals surface area contributed by atoms with Gasteiger partial charge in [0, 0.05) is 63.7 Å². The number of carbonyl (C=O) groups excluding carboxylic acids is 3. The van der Waals surface area contributed by atoms with E-state index in [9.17, 15) is 14.4 Å². The van der Waals surface area contributed by atoms with E-state index >= 15 is 0 Å². The topological polar surface area (TPSA) is 137 Å². The first kappa shape index (κ1) is 46.1. The molecule has 0 bridgehead atoms. The number of nitrogens with two attached hydrogens (primary N) is 1. The number of para-hydroxylation sites is 1. The lowest BCUT2D eigenvalue weighted by molar-refractivity contribution is -0.132. The second kappa shape index (κ2) is 21.1. The number of nitrogens with one attached hydrogen (secondary N) is 1. The number of methoxy groups -OCH3 is 1. The molecule has 0 unspecified atom stereocenters. The van der Waals surface area contributed by atoms with Crippen LogP contribution < -0.4 is 20.1 Å². The molecule has 0 saturated carbocycles. The molecular formula is C39H54Cl3N7O5. The lowest BCUT2D eigenvalue weighted by Crippen LogP contribution is -2.47. The summed E-state index contributed by atoms with van der Waals surface area (Å²) in [7, 11) is 9.22. The van der Waals surface area contributed by atoms with Crippen molar-refractivity contribution in [3.8, 4) is 22.6 Å². The number of likely N-dealkylation sites (N-methyl/N-ethyl adjacent to an activating group) is 2. The fraction of sp³-hybridized carbons (Fsp3) is 0.436. The lowest BCUT2D eigenvalue weighted by Gasteiger charge is -2.32. The van der Waals surface area contributed by atoms with Crippen LogP contribution in [0.4, 0.5) is 5.69 Å². The Morgan fingerprint density at radius 1 is 0.926 bits per heavy atom. The first-order valence-electron chi connectivity index (χ1n) is 17.6. The van der Waals surface area contributed by atoms with Crippen molar-refractivity contribution in [2.45, 2.75) is 39.0 Å². The Hall–Kier alpha value is -4.07. The molecule has 1 aliphatic rings. The Balaban J connectivity index is 0.00000336. The number of aromatic nitrogens is 2. The number of H-pyrrole nitrogens is 1. The van der Waals surface area contributed by atoms with Crippen molar-refractivity contribution in [1.29, 1.82) is 0 Å². The molecule has 4 aromatic rings. The van der Waals surface area contributed by atoms with Crippen LogP contribution in [0.1, 0.15) is 57.8 Å². The highest BCUT2D eigenvalue weighted by Gasteiger charge is 2.28. The van der Waals surface area contributed by atoms with Gasteiger partial charge in [-0.25, -0.2) is 4.98 Å². The van der Waals surface area contributed by atoms with Crippen molar-refractivity contribution in [3.63, 3.8) is 0 Å². The molecule has 0 radical (unpaired) electrons. The van der Waals surface area contributed by atoms with E-state index in [1.54, 1.807) is 19.2 Å². The molecule has 3 aromatic carbocycles. The van der Waals surface area contributed by atoms with Gasteiger partial charge in [0.2, 0.25) is 5.91 Å². The first-order valence-corrected chi connectivity index (χ1v) is 17.6. The summed E-state index contributed by atoms with van der Waals surface area (Å²) in [6.45, 7) is 6.64. The molecule has 1 aliphatic heterocycles. The van der Waals surface area contributed by atoms with Crippen molar-refractivity contribution in [2.75, 3.05) is 79.5 Å². The number of hydrogen-bond donors (Lipinski definition) is 2. The Labute approximate surface area is 336 Å². The summed E-state index contributed by atoms with van der Waals surface area (Å²) in [5.41, 5.74) is 10.5. The van der Waals surface area contributed by atoms with Crippen LogP contribution in [0.3, 0.4) is 0 Å². The minimum Gasteiger partial charge on any atom is -0.495 e. The van der Waals surface area contributed by atoms with Gasteiger partial charge in [-0.1, -0.05) is 18.2 Å². The Bertz CT molecular complexity index is 1880. The summed E-state index contributed by atoms with van der Waals surface area (Å²) >= 11 is 0. The van der Waals surface area contributed by atoms with Crippen LogP contribution in [-0.2, 0) is 11.2 Å². The molecule has 2 heterocycles. The molecule has 3 N–H and O–H groups in total. The van der Waals surface area contributed by atoms with Gasteiger partial charge in [0.1, 0.15) is 17.3 Å². The number of hydrogen-bond acceptors (Lipinski definition) is 8. The maximum atomic E-state index is 14.1. The monoisotopic (exact) mass is 805 g/mol. The molecule has 3 amide bonds. The van der Waals surface area contributed by atoms with Crippen LogP contribution >= 0.6 is 37.2 Å². The zero-order chi connectivity index (χ0) is 36.7. The van der Waals surface area contributed by atoms with E-state index in [0.717, 1.165) is 86.4 Å². The Morgan fingerprint density at radius 3 is 2.31 bits per heavy atom. The average molecular weight is 807 g/mol. The summed E-state index contributed by atoms with van der Waals surface area (Å²) in [5, 5.41) is 0.